The van der Waals surface area contributed by atoms with Gasteiger partial charge in [0.15, 0.2) is 0 Å². The second-order valence-corrected chi connectivity index (χ2v) is 8.81. The molecule has 0 aromatic heterocycles. The number of amides is 1. The van der Waals surface area contributed by atoms with Gasteiger partial charge in [0.05, 0.1) is 23.7 Å². The van der Waals surface area contributed by atoms with E-state index in [2.05, 4.69) is 10.5 Å². The molecule has 0 saturated heterocycles. The number of carbonyl (C=O) groups excluding carboxylic acids is 1. The van der Waals surface area contributed by atoms with Crippen molar-refractivity contribution in [3.63, 3.8) is 0 Å². The number of aromatic carboxylic acids is 1. The summed E-state index contributed by atoms with van der Waals surface area (Å²) >= 11 is 0. The van der Waals surface area contributed by atoms with Gasteiger partial charge in [-0.15, -0.1) is 0 Å². The van der Waals surface area contributed by atoms with Crippen molar-refractivity contribution in [3.05, 3.63) is 90.0 Å². The number of benzene rings is 3. The van der Waals surface area contributed by atoms with Gasteiger partial charge in [-0.25, -0.2) is 18.6 Å². The smallest absolute Gasteiger partial charge is 0.335 e. The van der Waals surface area contributed by atoms with Crippen LogP contribution in [0.15, 0.2) is 84.0 Å². The van der Waals surface area contributed by atoms with Crippen LogP contribution in [0.1, 0.15) is 15.9 Å². The number of nitrogens with one attached hydrogen (secondary N) is 1. The lowest BCUT2D eigenvalue weighted by molar-refractivity contribution is -0.119. The maximum Gasteiger partial charge on any atom is 0.335 e. The van der Waals surface area contributed by atoms with E-state index < -0.39 is 28.4 Å². The third-order valence-electron chi connectivity index (χ3n) is 4.35. The first-order valence-electron chi connectivity index (χ1n) is 9.68. The maximum atomic E-state index is 12.3. The summed E-state index contributed by atoms with van der Waals surface area (Å²) in [5.41, 5.74) is 3.25. The van der Waals surface area contributed by atoms with Gasteiger partial charge in [0.2, 0.25) is 10.0 Å². The van der Waals surface area contributed by atoms with Gasteiger partial charge >= 0.3 is 5.97 Å². The first kappa shape index (κ1) is 23.5. The summed E-state index contributed by atoms with van der Waals surface area (Å²) in [4.78, 5) is 23.1. The molecule has 0 bridgehead atoms. The Morgan fingerprint density at radius 3 is 2.15 bits per heavy atom. The van der Waals surface area contributed by atoms with Gasteiger partial charge in [-0.2, -0.15) is 5.10 Å². The molecule has 33 heavy (non-hydrogen) atoms. The van der Waals surface area contributed by atoms with Crippen LogP contribution in [0.2, 0.25) is 0 Å². The minimum absolute atomic E-state index is 0.125. The topological polar surface area (TPSA) is 125 Å². The second-order valence-electron chi connectivity index (χ2n) is 6.90. The van der Waals surface area contributed by atoms with Gasteiger partial charge in [0, 0.05) is 0 Å². The zero-order valence-corrected chi connectivity index (χ0v) is 18.4. The van der Waals surface area contributed by atoms with Gasteiger partial charge in [0.1, 0.15) is 18.0 Å². The number of carboxylic acids is 1. The zero-order chi connectivity index (χ0) is 23.8. The number of anilines is 1. The van der Waals surface area contributed by atoms with E-state index in [1.165, 1.54) is 30.5 Å². The first-order valence-corrected chi connectivity index (χ1v) is 11.5. The molecule has 0 heterocycles. The average Bonchev–Trinajstić information content (AvgIpc) is 2.78. The summed E-state index contributed by atoms with van der Waals surface area (Å²) in [5.74, 6) is -0.544. The summed E-state index contributed by atoms with van der Waals surface area (Å²) in [6.07, 6.45) is 2.33. The Morgan fingerprint density at radius 2 is 1.58 bits per heavy atom. The number of hydrazone groups is 1. The van der Waals surface area contributed by atoms with Gasteiger partial charge in [-0.1, -0.05) is 30.3 Å². The van der Waals surface area contributed by atoms with E-state index in [9.17, 15) is 18.0 Å². The standard InChI is InChI=1S/C23H21N3O6S/c1-33(30,31)26(19-11-13-21(14-12-19)32-20-5-3-2-4-6-20)16-22(27)25-24-15-17-7-9-18(10-8-17)23(28)29/h2-15H,16H2,1H3,(H,25,27)(H,28,29)/b24-15+. The van der Waals surface area contributed by atoms with Crippen molar-refractivity contribution >= 4 is 33.8 Å². The monoisotopic (exact) mass is 467 g/mol. The highest BCUT2D eigenvalue weighted by molar-refractivity contribution is 7.92. The van der Waals surface area contributed by atoms with Crippen LogP contribution in [0.3, 0.4) is 0 Å². The molecule has 3 aromatic carbocycles. The molecule has 10 heteroatoms. The van der Waals surface area contributed by atoms with Crippen molar-refractivity contribution < 1.29 is 27.9 Å². The lowest BCUT2D eigenvalue weighted by atomic mass is 10.1. The third-order valence-corrected chi connectivity index (χ3v) is 5.49. The van der Waals surface area contributed by atoms with Gasteiger partial charge in [-0.3, -0.25) is 9.10 Å². The quantitative estimate of drug-likeness (QED) is 0.368. The third kappa shape index (κ3) is 6.91. The maximum absolute atomic E-state index is 12.3. The van der Waals surface area contributed by atoms with Crippen LogP contribution >= 0.6 is 0 Å². The van der Waals surface area contributed by atoms with Crippen molar-refractivity contribution in [1.29, 1.82) is 0 Å². The number of sulfonamides is 1. The van der Waals surface area contributed by atoms with E-state index in [0.717, 1.165) is 10.6 Å². The van der Waals surface area contributed by atoms with Crippen LogP contribution in [0.25, 0.3) is 0 Å². The van der Waals surface area contributed by atoms with Crippen LogP contribution in [-0.2, 0) is 14.8 Å². The van der Waals surface area contributed by atoms with E-state index in [1.54, 1.807) is 36.4 Å². The van der Waals surface area contributed by atoms with E-state index >= 15 is 0 Å². The largest absolute Gasteiger partial charge is 0.478 e. The molecule has 2 N–H and O–H groups in total. The zero-order valence-electron chi connectivity index (χ0n) is 17.6. The van der Waals surface area contributed by atoms with Gasteiger partial charge in [-0.05, 0) is 54.1 Å². The van der Waals surface area contributed by atoms with E-state index in [4.69, 9.17) is 9.84 Å². The Bertz CT molecular complexity index is 1240. The highest BCUT2D eigenvalue weighted by Crippen LogP contribution is 2.25. The second kappa shape index (κ2) is 10.4. The number of hydrogen-bond donors (Lipinski definition) is 2. The highest BCUT2D eigenvalue weighted by atomic mass is 32.2. The summed E-state index contributed by atoms with van der Waals surface area (Å²) in [7, 11) is -3.75. The van der Waals surface area contributed by atoms with Crippen molar-refractivity contribution in [2.45, 2.75) is 0 Å². The molecule has 170 valence electrons. The lowest BCUT2D eigenvalue weighted by Gasteiger charge is -2.21. The Morgan fingerprint density at radius 1 is 0.970 bits per heavy atom. The molecule has 3 rings (SSSR count). The Labute approximate surface area is 191 Å². The Kier molecular flexibility index (Phi) is 7.42. The van der Waals surface area contributed by atoms with Crippen LogP contribution in [0.4, 0.5) is 5.69 Å². The van der Waals surface area contributed by atoms with Crippen LogP contribution in [0, 0.1) is 0 Å². The molecule has 0 aliphatic carbocycles. The number of ether oxygens (including phenoxy) is 1. The Balaban J connectivity index is 1.64. The van der Waals surface area contributed by atoms with Crippen molar-refractivity contribution in [2.24, 2.45) is 5.10 Å². The Hall–Kier alpha value is -4.18. The lowest BCUT2D eigenvalue weighted by Crippen LogP contribution is -2.39. The summed E-state index contributed by atoms with van der Waals surface area (Å²) in [6, 6.07) is 21.3. The van der Waals surface area contributed by atoms with Gasteiger partial charge in [0.25, 0.3) is 5.91 Å². The van der Waals surface area contributed by atoms with Crippen LogP contribution in [0.5, 0.6) is 11.5 Å². The fourth-order valence-corrected chi connectivity index (χ4v) is 3.62. The molecule has 9 nitrogen and oxygen atoms in total. The molecule has 0 aliphatic heterocycles. The minimum Gasteiger partial charge on any atom is -0.478 e. The number of carboxylic acid groups (broad SMARTS) is 1. The fourth-order valence-electron chi connectivity index (χ4n) is 2.76. The molecule has 1 amide bonds. The number of rotatable bonds is 9. The summed E-state index contributed by atoms with van der Waals surface area (Å²) in [6.45, 7) is -0.479. The first-order chi connectivity index (χ1) is 15.7. The molecule has 0 saturated carbocycles. The van der Waals surface area contributed by atoms with Crippen LogP contribution in [-0.4, -0.2) is 44.4 Å². The van der Waals surface area contributed by atoms with E-state index in [-0.39, 0.29) is 5.56 Å². The highest BCUT2D eigenvalue weighted by Gasteiger charge is 2.20. The number of carbonyl (C=O) groups is 2. The normalized spacial score (nSPS) is 11.2. The average molecular weight is 468 g/mol. The van der Waals surface area contributed by atoms with Crippen LogP contribution < -0.4 is 14.5 Å². The molecule has 0 aliphatic rings. The minimum atomic E-state index is -3.75. The molecule has 0 unspecified atom stereocenters. The summed E-state index contributed by atoms with van der Waals surface area (Å²) < 4.78 is 31.2. The molecule has 3 aromatic rings. The number of para-hydroxylation sites is 1. The molecule has 0 radical (unpaired) electrons. The van der Waals surface area contributed by atoms with Crippen molar-refractivity contribution in [3.8, 4) is 11.5 Å². The SMILES string of the molecule is CS(=O)(=O)N(CC(=O)N/N=C/c1ccc(C(=O)O)cc1)c1ccc(Oc2ccccc2)cc1. The van der Waals surface area contributed by atoms with E-state index in [1.807, 2.05) is 18.2 Å². The van der Waals surface area contributed by atoms with E-state index in [0.29, 0.717) is 22.7 Å². The molecule has 0 fully saturated rings. The fraction of sp³-hybridized carbons (Fsp3) is 0.0870. The van der Waals surface area contributed by atoms with Crippen molar-refractivity contribution in [1.82, 2.24) is 5.43 Å². The summed E-state index contributed by atoms with van der Waals surface area (Å²) in [5, 5.41) is 12.7. The molecule has 0 atom stereocenters. The predicted molar refractivity (Wildman–Crippen MR) is 124 cm³/mol. The predicted octanol–water partition coefficient (Wildman–Crippen LogP) is 3.09. The van der Waals surface area contributed by atoms with Gasteiger partial charge < -0.3 is 9.84 Å². The number of nitrogens with zero attached hydrogens (tertiary/aromatic N) is 2. The van der Waals surface area contributed by atoms with Crippen molar-refractivity contribution in [2.75, 3.05) is 17.1 Å². The molecular formula is C23H21N3O6S. The molecular weight excluding hydrogens is 446 g/mol. The number of hydrogen-bond acceptors (Lipinski definition) is 6. The molecule has 0 spiro atoms.